The van der Waals surface area contributed by atoms with Crippen molar-refractivity contribution in [3.63, 3.8) is 0 Å². The molecule has 6 aliphatic rings. The van der Waals surface area contributed by atoms with Gasteiger partial charge in [0, 0.05) is 30.8 Å². The molecule has 8 nitrogen and oxygen atoms in total. The first-order valence-corrected chi connectivity index (χ1v) is 14.3. The van der Waals surface area contributed by atoms with Crippen LogP contribution >= 0.6 is 0 Å². The highest BCUT2D eigenvalue weighted by Gasteiger charge is 2.56. The number of para-hydroxylation sites is 1. The Kier molecular flexibility index (Phi) is 6.77. The van der Waals surface area contributed by atoms with E-state index in [4.69, 9.17) is 9.47 Å². The Morgan fingerprint density at radius 2 is 2.00 bits per heavy atom. The van der Waals surface area contributed by atoms with Crippen molar-refractivity contribution in [3.05, 3.63) is 41.5 Å². The van der Waals surface area contributed by atoms with E-state index in [0.717, 1.165) is 30.7 Å². The van der Waals surface area contributed by atoms with Crippen LogP contribution in [0.25, 0.3) is 0 Å². The molecule has 0 spiro atoms. The molecule has 206 valence electrons. The lowest BCUT2D eigenvalue weighted by atomic mass is 9.45. The van der Waals surface area contributed by atoms with E-state index < -0.39 is 30.3 Å². The third-order valence-electron chi connectivity index (χ3n) is 10.2. The molecule has 1 aromatic rings. The normalized spacial score (nSPS) is 36.3. The fourth-order valence-electron chi connectivity index (χ4n) is 7.94. The SMILES string of the molecule is CC1(C)[C@H]2CC[C@@H](CN(C(=O)C3CCCO3)[C@@H]3C=C(C(=O)NCCO)[C@@H]4c5ccccc5O[C@@H]4[C@H]3O)[C@@H]1C2. The molecule has 4 fully saturated rings. The highest BCUT2D eigenvalue weighted by Crippen LogP contribution is 2.61. The predicted molar refractivity (Wildman–Crippen MR) is 140 cm³/mol. The van der Waals surface area contributed by atoms with Gasteiger partial charge in [-0.2, -0.15) is 0 Å². The Balaban J connectivity index is 1.37. The summed E-state index contributed by atoms with van der Waals surface area (Å²) in [5.74, 6) is 1.41. The maximum Gasteiger partial charge on any atom is 0.252 e. The van der Waals surface area contributed by atoms with Crippen LogP contribution in [0.5, 0.6) is 5.75 Å². The molecule has 1 saturated heterocycles. The summed E-state index contributed by atoms with van der Waals surface area (Å²) in [5.41, 5.74) is 1.59. The van der Waals surface area contributed by atoms with Crippen LogP contribution < -0.4 is 10.1 Å². The number of carbonyl (C=O) groups is 2. The molecule has 8 heteroatoms. The molecular weight excluding hydrogens is 484 g/mol. The Hall–Kier alpha value is -2.42. The average Bonchev–Trinajstić information content (AvgIpc) is 3.59. The zero-order valence-electron chi connectivity index (χ0n) is 22.3. The van der Waals surface area contributed by atoms with Crippen LogP contribution in [0.4, 0.5) is 0 Å². The number of rotatable bonds is 7. The summed E-state index contributed by atoms with van der Waals surface area (Å²) < 4.78 is 12.1. The van der Waals surface area contributed by atoms with Crippen LogP contribution in [0.2, 0.25) is 0 Å². The number of ether oxygens (including phenoxy) is 2. The van der Waals surface area contributed by atoms with E-state index >= 15 is 0 Å². The largest absolute Gasteiger partial charge is 0.486 e. The van der Waals surface area contributed by atoms with Crippen molar-refractivity contribution in [2.45, 2.75) is 76.2 Å². The second kappa shape index (κ2) is 9.96. The van der Waals surface area contributed by atoms with Crippen LogP contribution in [0, 0.1) is 23.2 Å². The Morgan fingerprint density at radius 1 is 1.18 bits per heavy atom. The van der Waals surface area contributed by atoms with Crippen LogP contribution in [0.3, 0.4) is 0 Å². The number of benzene rings is 1. The maximum atomic E-state index is 14.0. The molecule has 2 aliphatic heterocycles. The van der Waals surface area contributed by atoms with Crippen molar-refractivity contribution < 1.29 is 29.3 Å². The summed E-state index contributed by atoms with van der Waals surface area (Å²) in [6.07, 6.45) is 4.51. The van der Waals surface area contributed by atoms with E-state index in [1.807, 2.05) is 29.2 Å². The lowest BCUT2D eigenvalue weighted by molar-refractivity contribution is -0.154. The fraction of sp³-hybridized carbons (Fsp3) is 0.667. The van der Waals surface area contributed by atoms with Crippen molar-refractivity contribution >= 4 is 11.8 Å². The molecule has 0 aromatic heterocycles. The summed E-state index contributed by atoms with van der Waals surface area (Å²) in [4.78, 5) is 29.2. The minimum Gasteiger partial charge on any atom is -0.486 e. The molecule has 2 amide bonds. The summed E-state index contributed by atoms with van der Waals surface area (Å²) in [6, 6.07) is 6.84. The van der Waals surface area contributed by atoms with Gasteiger partial charge in [-0.3, -0.25) is 9.59 Å². The lowest BCUT2D eigenvalue weighted by Gasteiger charge is -2.61. The molecule has 4 aliphatic carbocycles. The molecule has 1 unspecified atom stereocenters. The zero-order valence-corrected chi connectivity index (χ0v) is 22.3. The first-order chi connectivity index (χ1) is 18.3. The molecule has 3 saturated carbocycles. The molecule has 0 radical (unpaired) electrons. The number of aliphatic hydroxyl groups excluding tert-OH is 2. The van der Waals surface area contributed by atoms with E-state index in [9.17, 15) is 19.8 Å². The fourth-order valence-corrected chi connectivity index (χ4v) is 7.94. The van der Waals surface area contributed by atoms with Gasteiger partial charge in [-0.05, 0) is 67.4 Å². The third-order valence-corrected chi connectivity index (χ3v) is 10.2. The standard InChI is InChI=1S/C30H40N2O6/c1-30(2)18-10-9-17(21(30)14-18)16-32(29(36)24-8-5-13-37-24)22-15-20(28(35)31-11-12-33)25-19-6-3-4-7-23(19)38-27(25)26(22)34/h3-4,6-7,15,17-18,21-22,24-27,33-34H,5,8-14,16H2,1-2H3,(H,31,35)/t17-,18-,21-,22+,24?,25-,26-,27-/m0/s1. The van der Waals surface area contributed by atoms with Gasteiger partial charge in [0.2, 0.25) is 5.91 Å². The number of fused-ring (bicyclic) bond motifs is 5. The van der Waals surface area contributed by atoms with Gasteiger partial charge in [-0.25, -0.2) is 0 Å². The van der Waals surface area contributed by atoms with E-state index in [1.54, 1.807) is 6.08 Å². The Bertz CT molecular complexity index is 1110. The van der Waals surface area contributed by atoms with Crippen LogP contribution in [-0.2, 0) is 14.3 Å². The molecular formula is C30H40N2O6. The summed E-state index contributed by atoms with van der Waals surface area (Å²) in [7, 11) is 0. The van der Waals surface area contributed by atoms with Crippen molar-refractivity contribution in [2.24, 2.45) is 23.2 Å². The van der Waals surface area contributed by atoms with E-state index in [2.05, 4.69) is 19.2 Å². The molecule has 38 heavy (non-hydrogen) atoms. The Morgan fingerprint density at radius 3 is 2.71 bits per heavy atom. The summed E-state index contributed by atoms with van der Waals surface area (Å²) >= 11 is 0. The quantitative estimate of drug-likeness (QED) is 0.506. The number of hydrogen-bond acceptors (Lipinski definition) is 6. The summed E-state index contributed by atoms with van der Waals surface area (Å²) in [6.45, 7) is 5.74. The van der Waals surface area contributed by atoms with Crippen molar-refractivity contribution in [1.82, 2.24) is 10.2 Å². The lowest BCUT2D eigenvalue weighted by Crippen LogP contribution is -2.61. The van der Waals surface area contributed by atoms with Crippen LogP contribution in [0.15, 0.2) is 35.9 Å². The smallest absolute Gasteiger partial charge is 0.252 e. The number of hydrogen-bond donors (Lipinski definition) is 3. The van der Waals surface area contributed by atoms with Crippen molar-refractivity contribution in [2.75, 3.05) is 26.3 Å². The topological polar surface area (TPSA) is 108 Å². The van der Waals surface area contributed by atoms with Gasteiger partial charge in [0.25, 0.3) is 5.91 Å². The summed E-state index contributed by atoms with van der Waals surface area (Å²) in [5, 5.41) is 23.9. The van der Waals surface area contributed by atoms with E-state index in [1.165, 1.54) is 6.42 Å². The minimum absolute atomic E-state index is 0.105. The van der Waals surface area contributed by atoms with Crippen molar-refractivity contribution in [3.8, 4) is 5.75 Å². The van der Waals surface area contributed by atoms with Gasteiger partial charge < -0.3 is 29.9 Å². The van der Waals surface area contributed by atoms with E-state index in [0.29, 0.717) is 42.7 Å². The molecule has 3 N–H and O–H groups in total. The van der Waals surface area contributed by atoms with Gasteiger partial charge in [-0.15, -0.1) is 0 Å². The third kappa shape index (κ3) is 4.16. The minimum atomic E-state index is -1.00. The van der Waals surface area contributed by atoms with Gasteiger partial charge >= 0.3 is 0 Å². The van der Waals surface area contributed by atoms with E-state index in [-0.39, 0.29) is 30.4 Å². The first-order valence-electron chi connectivity index (χ1n) is 14.3. The van der Waals surface area contributed by atoms with Gasteiger partial charge in [0.05, 0.1) is 18.6 Å². The van der Waals surface area contributed by atoms with Crippen LogP contribution in [-0.4, -0.2) is 77.6 Å². The second-order valence-corrected chi connectivity index (χ2v) is 12.4. The molecule has 2 heterocycles. The first kappa shape index (κ1) is 25.8. The van der Waals surface area contributed by atoms with Crippen LogP contribution in [0.1, 0.15) is 57.4 Å². The predicted octanol–water partition coefficient (Wildman–Crippen LogP) is 2.39. The number of nitrogens with one attached hydrogen (secondary N) is 1. The Labute approximate surface area is 224 Å². The van der Waals surface area contributed by atoms with Gasteiger partial charge in [-0.1, -0.05) is 32.0 Å². The number of carbonyl (C=O) groups excluding carboxylic acids is 2. The molecule has 7 rings (SSSR count). The monoisotopic (exact) mass is 524 g/mol. The van der Waals surface area contributed by atoms with Gasteiger partial charge in [0.15, 0.2) is 0 Å². The number of amides is 2. The molecule has 2 bridgehead atoms. The maximum absolute atomic E-state index is 14.0. The highest BCUT2D eigenvalue weighted by molar-refractivity contribution is 5.96. The van der Waals surface area contributed by atoms with Gasteiger partial charge in [0.1, 0.15) is 24.1 Å². The molecule has 1 aromatic carbocycles. The number of aliphatic hydroxyl groups is 2. The number of nitrogens with zero attached hydrogens (tertiary/aromatic N) is 1. The average molecular weight is 525 g/mol. The highest BCUT2D eigenvalue weighted by atomic mass is 16.5. The second-order valence-electron chi connectivity index (χ2n) is 12.4. The molecule has 8 atom stereocenters. The van der Waals surface area contributed by atoms with Crippen molar-refractivity contribution in [1.29, 1.82) is 0 Å². The zero-order chi connectivity index (χ0) is 26.6.